The van der Waals surface area contributed by atoms with Crippen LogP contribution in [0, 0.1) is 6.92 Å². The van der Waals surface area contributed by atoms with Crippen molar-refractivity contribution < 1.29 is 19.4 Å². The van der Waals surface area contributed by atoms with Crippen molar-refractivity contribution in [1.29, 1.82) is 0 Å². The number of carboxylic acid groups (broad SMARTS) is 1. The molecule has 0 amide bonds. The summed E-state index contributed by atoms with van der Waals surface area (Å²) in [5.74, 6) is -0.261. The predicted octanol–water partition coefficient (Wildman–Crippen LogP) is 2.67. The van der Waals surface area contributed by atoms with Crippen LogP contribution in [0.3, 0.4) is 0 Å². The van der Waals surface area contributed by atoms with Crippen LogP contribution in [0.25, 0.3) is 0 Å². The minimum Gasteiger partial charge on any atom is -0.545 e. The molecule has 2 aromatic rings. The second-order valence-corrected chi connectivity index (χ2v) is 6.17. The highest BCUT2D eigenvalue weighted by Gasteiger charge is 2.08. The number of ether oxygens (including phenoxy) is 1. The Bertz CT molecular complexity index is 747. The molecule has 0 aliphatic heterocycles. The monoisotopic (exact) mass is 325 g/mol. The Labute approximate surface area is 142 Å². The molecule has 0 unspecified atom stereocenters. The summed E-state index contributed by atoms with van der Waals surface area (Å²) in [7, 11) is 0. The highest BCUT2D eigenvalue weighted by Crippen LogP contribution is 2.23. The maximum atomic E-state index is 12.0. The zero-order chi connectivity index (χ0) is 17.7. The van der Waals surface area contributed by atoms with Crippen LogP contribution >= 0.6 is 0 Å². The van der Waals surface area contributed by atoms with Gasteiger partial charge in [0.1, 0.15) is 12.4 Å². The fraction of sp³-hybridized carbons (Fsp3) is 0.300. The van der Waals surface area contributed by atoms with Crippen molar-refractivity contribution in [2.24, 2.45) is 0 Å². The largest absolute Gasteiger partial charge is 0.545 e. The quantitative estimate of drug-likeness (QED) is 0.785. The van der Waals surface area contributed by atoms with Crippen molar-refractivity contribution in [3.63, 3.8) is 0 Å². The number of rotatable bonds is 7. The molecule has 4 nitrogen and oxygen atoms in total. The Kier molecular flexibility index (Phi) is 5.74. The molecule has 0 atom stereocenters. The number of Topliss-reactive ketones (excluding diaryl/α,β-unsaturated/α-hetero) is 1. The molecule has 0 N–H and O–H groups in total. The van der Waals surface area contributed by atoms with E-state index in [1.165, 1.54) is 17.7 Å². The number of aromatic carboxylic acids is 1. The highest BCUT2D eigenvalue weighted by atomic mass is 16.5. The van der Waals surface area contributed by atoms with Gasteiger partial charge >= 0.3 is 0 Å². The lowest BCUT2D eigenvalue weighted by atomic mass is 9.98. The first-order valence-corrected chi connectivity index (χ1v) is 7.92. The summed E-state index contributed by atoms with van der Waals surface area (Å²) in [6.07, 6.45) is 0.129. The third-order valence-electron chi connectivity index (χ3n) is 3.83. The van der Waals surface area contributed by atoms with Crippen LogP contribution in [0.1, 0.15) is 46.8 Å². The standard InChI is InChI=1S/C20H22O4/c1-13(2)19-8-7-18(9-14(19)3)24-12-17(21)11-15-5-4-6-16(10-15)20(22)23/h4-10,13H,11-12H2,1-3H3,(H,22,23)/p-1. The molecule has 2 rings (SSSR count). The number of hydrogen-bond donors (Lipinski definition) is 0. The Balaban J connectivity index is 1.95. The van der Waals surface area contributed by atoms with Crippen LogP contribution in [0.2, 0.25) is 0 Å². The van der Waals surface area contributed by atoms with Gasteiger partial charge in [-0.2, -0.15) is 0 Å². The third-order valence-corrected chi connectivity index (χ3v) is 3.83. The number of aryl methyl sites for hydroxylation is 1. The first-order chi connectivity index (χ1) is 11.4. The normalized spacial score (nSPS) is 10.7. The van der Waals surface area contributed by atoms with E-state index in [9.17, 15) is 14.7 Å². The van der Waals surface area contributed by atoms with Gasteiger partial charge in [0.15, 0.2) is 5.78 Å². The second-order valence-electron chi connectivity index (χ2n) is 6.17. The number of hydrogen-bond acceptors (Lipinski definition) is 4. The lowest BCUT2D eigenvalue weighted by molar-refractivity contribution is -0.255. The van der Waals surface area contributed by atoms with Gasteiger partial charge in [-0.3, -0.25) is 4.79 Å². The fourth-order valence-corrected chi connectivity index (χ4v) is 2.64. The molecule has 24 heavy (non-hydrogen) atoms. The van der Waals surface area contributed by atoms with Crippen molar-refractivity contribution in [3.8, 4) is 5.75 Å². The van der Waals surface area contributed by atoms with Crippen LogP contribution in [-0.4, -0.2) is 18.4 Å². The molecule has 2 aromatic carbocycles. The van der Waals surface area contributed by atoms with E-state index in [4.69, 9.17) is 4.74 Å². The van der Waals surface area contributed by atoms with Gasteiger partial charge in [-0.15, -0.1) is 0 Å². The van der Waals surface area contributed by atoms with Crippen LogP contribution < -0.4 is 9.84 Å². The van der Waals surface area contributed by atoms with E-state index in [2.05, 4.69) is 13.8 Å². The van der Waals surface area contributed by atoms with Crippen LogP contribution in [0.15, 0.2) is 42.5 Å². The third kappa shape index (κ3) is 4.69. The van der Waals surface area contributed by atoms with Gasteiger partial charge in [0.05, 0.1) is 5.97 Å². The van der Waals surface area contributed by atoms with Crippen LogP contribution in [0.5, 0.6) is 5.75 Å². The van der Waals surface area contributed by atoms with Gasteiger partial charge in [-0.05, 0) is 53.3 Å². The zero-order valence-corrected chi connectivity index (χ0v) is 14.2. The second kappa shape index (κ2) is 7.77. The molecular formula is C20H21O4-. The average Bonchev–Trinajstić information content (AvgIpc) is 2.53. The smallest absolute Gasteiger partial charge is 0.174 e. The van der Waals surface area contributed by atoms with E-state index >= 15 is 0 Å². The Morgan fingerprint density at radius 3 is 2.50 bits per heavy atom. The maximum Gasteiger partial charge on any atom is 0.174 e. The first-order valence-electron chi connectivity index (χ1n) is 7.92. The minimum absolute atomic E-state index is 0.0456. The summed E-state index contributed by atoms with van der Waals surface area (Å²) in [5.41, 5.74) is 3.10. The Morgan fingerprint density at radius 2 is 1.88 bits per heavy atom. The molecule has 0 heterocycles. The van der Waals surface area contributed by atoms with Gasteiger partial charge in [-0.25, -0.2) is 0 Å². The molecule has 4 heteroatoms. The van der Waals surface area contributed by atoms with Crippen molar-refractivity contribution >= 4 is 11.8 Å². The van der Waals surface area contributed by atoms with E-state index in [-0.39, 0.29) is 24.4 Å². The van der Waals surface area contributed by atoms with Crippen molar-refractivity contribution in [3.05, 3.63) is 64.7 Å². The van der Waals surface area contributed by atoms with Crippen LogP contribution in [-0.2, 0) is 11.2 Å². The van der Waals surface area contributed by atoms with Gasteiger partial charge in [0.25, 0.3) is 0 Å². The van der Waals surface area contributed by atoms with Crippen molar-refractivity contribution in [1.82, 2.24) is 0 Å². The number of carboxylic acids is 1. The fourth-order valence-electron chi connectivity index (χ4n) is 2.64. The molecule has 0 fully saturated rings. The number of carbonyl (C=O) groups excluding carboxylic acids is 2. The lowest BCUT2D eigenvalue weighted by Gasteiger charge is -2.12. The molecule has 0 spiro atoms. The minimum atomic E-state index is -1.25. The summed E-state index contributed by atoms with van der Waals surface area (Å²) in [6, 6.07) is 12.0. The van der Waals surface area contributed by atoms with E-state index in [0.717, 1.165) is 5.56 Å². The van der Waals surface area contributed by atoms with Gasteiger partial charge in [0, 0.05) is 6.42 Å². The lowest BCUT2D eigenvalue weighted by Crippen LogP contribution is -2.22. The summed E-state index contributed by atoms with van der Waals surface area (Å²) in [5, 5.41) is 10.8. The Morgan fingerprint density at radius 1 is 1.12 bits per heavy atom. The molecule has 0 saturated carbocycles. The molecule has 0 aliphatic rings. The van der Waals surface area contributed by atoms with E-state index in [1.807, 2.05) is 25.1 Å². The van der Waals surface area contributed by atoms with Gasteiger partial charge < -0.3 is 14.6 Å². The van der Waals surface area contributed by atoms with Gasteiger partial charge in [-0.1, -0.05) is 38.1 Å². The molecular weight excluding hydrogens is 304 g/mol. The molecule has 0 bridgehead atoms. The summed E-state index contributed by atoms with van der Waals surface area (Å²) < 4.78 is 5.56. The van der Waals surface area contributed by atoms with E-state index in [1.54, 1.807) is 12.1 Å². The number of carbonyl (C=O) groups is 2. The summed E-state index contributed by atoms with van der Waals surface area (Å²) in [6.45, 7) is 6.24. The zero-order valence-electron chi connectivity index (χ0n) is 14.2. The van der Waals surface area contributed by atoms with Crippen molar-refractivity contribution in [2.45, 2.75) is 33.1 Å². The SMILES string of the molecule is Cc1cc(OCC(=O)Cc2cccc(C(=O)[O-])c2)ccc1C(C)C. The molecule has 0 radical (unpaired) electrons. The maximum absolute atomic E-state index is 12.0. The molecule has 126 valence electrons. The highest BCUT2D eigenvalue weighted by molar-refractivity contribution is 5.87. The molecule has 0 saturated heterocycles. The summed E-state index contributed by atoms with van der Waals surface area (Å²) in [4.78, 5) is 22.9. The van der Waals surface area contributed by atoms with Crippen LogP contribution in [0.4, 0.5) is 0 Å². The average molecular weight is 325 g/mol. The first kappa shape index (κ1) is 17.7. The molecule has 0 aliphatic carbocycles. The van der Waals surface area contributed by atoms with E-state index in [0.29, 0.717) is 17.2 Å². The topological polar surface area (TPSA) is 66.4 Å². The Hall–Kier alpha value is -2.62. The number of ketones is 1. The van der Waals surface area contributed by atoms with E-state index < -0.39 is 5.97 Å². The number of benzene rings is 2. The summed E-state index contributed by atoms with van der Waals surface area (Å²) >= 11 is 0. The van der Waals surface area contributed by atoms with Gasteiger partial charge in [0.2, 0.25) is 0 Å². The predicted molar refractivity (Wildman–Crippen MR) is 90.2 cm³/mol. The van der Waals surface area contributed by atoms with Crippen molar-refractivity contribution in [2.75, 3.05) is 6.61 Å². The molecule has 0 aromatic heterocycles.